The largest absolute Gasteiger partial charge is 0.482 e. The second kappa shape index (κ2) is 8.37. The third-order valence-corrected chi connectivity index (χ3v) is 5.06. The molecule has 0 saturated carbocycles. The summed E-state index contributed by atoms with van der Waals surface area (Å²) in [4.78, 5) is 25.5. The van der Waals surface area contributed by atoms with Gasteiger partial charge in [0.15, 0.2) is 6.61 Å². The molecule has 1 heterocycles. The summed E-state index contributed by atoms with van der Waals surface area (Å²) in [7, 11) is 0. The van der Waals surface area contributed by atoms with Gasteiger partial charge in [-0.05, 0) is 37.1 Å². The number of thiophene rings is 1. The molecule has 128 valence electrons. The first-order valence-electron chi connectivity index (χ1n) is 7.17. The van der Waals surface area contributed by atoms with Crippen LogP contribution >= 0.6 is 34.5 Å². The van der Waals surface area contributed by atoms with Crippen molar-refractivity contribution in [3.8, 4) is 5.75 Å². The number of nitrogens with one attached hydrogen (secondary N) is 2. The molecule has 0 aliphatic rings. The summed E-state index contributed by atoms with van der Waals surface area (Å²) < 4.78 is 5.28. The molecular formula is C16H16Cl2N2O3S. The summed E-state index contributed by atoms with van der Waals surface area (Å²) >= 11 is 13.2. The summed E-state index contributed by atoms with van der Waals surface area (Å²) in [6.07, 6.45) is 0.865. The molecule has 0 saturated heterocycles. The number of hydrogen-bond acceptors (Lipinski definition) is 4. The SMILES string of the molecule is CCc1sc(C(=O)NNC(=O)COc2cc(Cl)ccc2Cl)cc1C. The lowest BCUT2D eigenvalue weighted by Gasteiger charge is -2.09. The van der Waals surface area contributed by atoms with Crippen molar-refractivity contribution < 1.29 is 14.3 Å². The van der Waals surface area contributed by atoms with Gasteiger partial charge in [-0.15, -0.1) is 11.3 Å². The number of amides is 2. The van der Waals surface area contributed by atoms with E-state index >= 15 is 0 Å². The second-order valence-corrected chi connectivity index (χ2v) is 6.92. The Hall–Kier alpha value is -1.76. The van der Waals surface area contributed by atoms with Gasteiger partial charge in [0.25, 0.3) is 11.8 Å². The topological polar surface area (TPSA) is 67.4 Å². The zero-order valence-electron chi connectivity index (χ0n) is 13.1. The molecule has 0 unspecified atom stereocenters. The summed E-state index contributed by atoms with van der Waals surface area (Å²) in [5.74, 6) is -0.576. The van der Waals surface area contributed by atoms with Crippen molar-refractivity contribution in [2.24, 2.45) is 0 Å². The molecule has 0 aliphatic carbocycles. The molecule has 5 nitrogen and oxygen atoms in total. The van der Waals surface area contributed by atoms with E-state index in [2.05, 4.69) is 10.9 Å². The van der Waals surface area contributed by atoms with E-state index in [1.54, 1.807) is 18.2 Å². The Morgan fingerprint density at radius 3 is 2.62 bits per heavy atom. The zero-order valence-corrected chi connectivity index (χ0v) is 15.4. The molecule has 0 bridgehead atoms. The van der Waals surface area contributed by atoms with E-state index in [9.17, 15) is 9.59 Å². The maximum atomic E-state index is 12.0. The molecule has 8 heteroatoms. The highest BCUT2D eigenvalue weighted by Crippen LogP contribution is 2.27. The van der Waals surface area contributed by atoms with Crippen molar-refractivity contribution in [3.05, 3.63) is 49.6 Å². The van der Waals surface area contributed by atoms with E-state index in [1.807, 2.05) is 13.8 Å². The van der Waals surface area contributed by atoms with Crippen molar-refractivity contribution in [3.63, 3.8) is 0 Å². The number of hydrazine groups is 1. The average molecular weight is 387 g/mol. The molecule has 2 amide bonds. The quantitative estimate of drug-likeness (QED) is 0.768. The van der Waals surface area contributed by atoms with Crippen LogP contribution in [0.25, 0.3) is 0 Å². The summed E-state index contributed by atoms with van der Waals surface area (Å²) in [5.41, 5.74) is 5.73. The lowest BCUT2D eigenvalue weighted by Crippen LogP contribution is -2.43. The Kier molecular flexibility index (Phi) is 6.48. The smallest absolute Gasteiger partial charge is 0.279 e. The standard InChI is InChI=1S/C16H16Cl2N2O3S/c1-3-13-9(2)6-14(24-13)16(22)20-19-15(21)8-23-12-7-10(17)4-5-11(12)18/h4-7H,3,8H2,1-2H3,(H,19,21)(H,20,22). The molecule has 2 aromatic rings. The number of benzene rings is 1. The maximum Gasteiger partial charge on any atom is 0.279 e. The normalized spacial score (nSPS) is 10.3. The Morgan fingerprint density at radius 2 is 1.96 bits per heavy atom. The predicted octanol–water partition coefficient (Wildman–Crippen LogP) is 3.77. The Bertz CT molecular complexity index is 762. The molecule has 2 rings (SSSR count). The fourth-order valence-corrected chi connectivity index (χ4v) is 3.28. The molecule has 0 atom stereocenters. The molecule has 1 aromatic carbocycles. The van der Waals surface area contributed by atoms with Crippen LogP contribution in [0.15, 0.2) is 24.3 Å². The summed E-state index contributed by atoms with van der Waals surface area (Å²) in [6, 6.07) is 6.50. The summed E-state index contributed by atoms with van der Waals surface area (Å²) in [6.45, 7) is 3.68. The molecule has 0 radical (unpaired) electrons. The third kappa shape index (κ3) is 4.87. The van der Waals surface area contributed by atoms with Gasteiger partial charge in [0.2, 0.25) is 0 Å². The monoisotopic (exact) mass is 386 g/mol. The van der Waals surface area contributed by atoms with Crippen molar-refractivity contribution in [2.75, 3.05) is 6.61 Å². The third-order valence-electron chi connectivity index (χ3n) is 3.13. The van der Waals surface area contributed by atoms with Crippen LogP contribution in [0.5, 0.6) is 5.75 Å². The molecular weight excluding hydrogens is 371 g/mol. The van der Waals surface area contributed by atoms with Gasteiger partial charge < -0.3 is 4.74 Å². The van der Waals surface area contributed by atoms with Gasteiger partial charge in [0, 0.05) is 16.0 Å². The van der Waals surface area contributed by atoms with Crippen LogP contribution < -0.4 is 15.6 Å². The minimum absolute atomic E-state index is 0.298. The number of halogens is 2. The van der Waals surface area contributed by atoms with E-state index in [0.717, 1.165) is 16.9 Å². The van der Waals surface area contributed by atoms with E-state index in [0.29, 0.717) is 20.7 Å². The highest BCUT2D eigenvalue weighted by molar-refractivity contribution is 7.14. The van der Waals surface area contributed by atoms with Crippen molar-refractivity contribution >= 4 is 46.4 Å². The Balaban J connectivity index is 1.84. The van der Waals surface area contributed by atoms with Crippen molar-refractivity contribution in [2.45, 2.75) is 20.3 Å². The van der Waals surface area contributed by atoms with Gasteiger partial charge in [-0.2, -0.15) is 0 Å². The fraction of sp³-hybridized carbons (Fsp3) is 0.250. The lowest BCUT2D eigenvalue weighted by molar-refractivity contribution is -0.123. The minimum atomic E-state index is -0.511. The molecule has 0 spiro atoms. The van der Waals surface area contributed by atoms with Gasteiger partial charge in [-0.1, -0.05) is 30.1 Å². The van der Waals surface area contributed by atoms with Crippen LogP contribution in [-0.2, 0) is 11.2 Å². The van der Waals surface area contributed by atoms with Gasteiger partial charge in [-0.3, -0.25) is 20.4 Å². The number of aryl methyl sites for hydroxylation is 2. The minimum Gasteiger partial charge on any atom is -0.482 e. The van der Waals surface area contributed by atoms with Gasteiger partial charge >= 0.3 is 0 Å². The van der Waals surface area contributed by atoms with Crippen LogP contribution in [-0.4, -0.2) is 18.4 Å². The molecule has 1 aromatic heterocycles. The number of carbonyl (C=O) groups is 2. The first-order chi connectivity index (χ1) is 11.4. The van der Waals surface area contributed by atoms with E-state index in [4.69, 9.17) is 27.9 Å². The number of carbonyl (C=O) groups excluding carboxylic acids is 2. The van der Waals surface area contributed by atoms with Gasteiger partial charge in [-0.25, -0.2) is 0 Å². The summed E-state index contributed by atoms with van der Waals surface area (Å²) in [5, 5.41) is 0.792. The number of ether oxygens (including phenoxy) is 1. The Labute approximate surface area is 153 Å². The van der Waals surface area contributed by atoms with Gasteiger partial charge in [0.05, 0.1) is 9.90 Å². The predicted molar refractivity (Wildman–Crippen MR) is 96.0 cm³/mol. The van der Waals surface area contributed by atoms with Crippen LogP contribution in [0.3, 0.4) is 0 Å². The maximum absolute atomic E-state index is 12.0. The van der Waals surface area contributed by atoms with Crippen LogP contribution in [0.4, 0.5) is 0 Å². The number of rotatable bonds is 5. The lowest BCUT2D eigenvalue weighted by atomic mass is 10.2. The van der Waals surface area contributed by atoms with Gasteiger partial charge in [0.1, 0.15) is 5.75 Å². The van der Waals surface area contributed by atoms with E-state index in [-0.39, 0.29) is 12.5 Å². The number of hydrogen-bond donors (Lipinski definition) is 2. The zero-order chi connectivity index (χ0) is 17.7. The average Bonchev–Trinajstić information content (AvgIpc) is 2.94. The van der Waals surface area contributed by atoms with Crippen LogP contribution in [0, 0.1) is 6.92 Å². The highest BCUT2D eigenvalue weighted by atomic mass is 35.5. The van der Waals surface area contributed by atoms with Crippen molar-refractivity contribution in [1.82, 2.24) is 10.9 Å². The Morgan fingerprint density at radius 1 is 1.21 bits per heavy atom. The highest BCUT2D eigenvalue weighted by Gasteiger charge is 2.13. The first kappa shape index (κ1) is 18.6. The molecule has 0 aliphatic heterocycles. The van der Waals surface area contributed by atoms with E-state index < -0.39 is 5.91 Å². The van der Waals surface area contributed by atoms with Crippen LogP contribution in [0.2, 0.25) is 10.0 Å². The van der Waals surface area contributed by atoms with Crippen molar-refractivity contribution in [1.29, 1.82) is 0 Å². The van der Waals surface area contributed by atoms with E-state index in [1.165, 1.54) is 17.4 Å². The molecule has 2 N–H and O–H groups in total. The second-order valence-electron chi connectivity index (χ2n) is 4.94. The first-order valence-corrected chi connectivity index (χ1v) is 8.74. The molecule has 24 heavy (non-hydrogen) atoms. The molecule has 0 fully saturated rings. The fourth-order valence-electron chi connectivity index (χ4n) is 1.94. The van der Waals surface area contributed by atoms with Crippen LogP contribution in [0.1, 0.15) is 27.0 Å².